The van der Waals surface area contributed by atoms with E-state index in [4.69, 9.17) is 9.84 Å². The van der Waals surface area contributed by atoms with E-state index in [2.05, 4.69) is 6.58 Å². The minimum absolute atomic E-state index is 0.104. The van der Waals surface area contributed by atoms with Gasteiger partial charge in [-0.25, -0.2) is 8.42 Å². The van der Waals surface area contributed by atoms with Crippen molar-refractivity contribution in [1.29, 1.82) is 0 Å². The lowest BCUT2D eigenvalue weighted by Crippen LogP contribution is -2.32. The number of sulfonamides is 1. The molecule has 0 aliphatic heterocycles. The van der Waals surface area contributed by atoms with Crippen LogP contribution < -0.4 is 4.74 Å². The molecular formula is C14H21NO4S. The van der Waals surface area contributed by atoms with Crippen LogP contribution in [0.2, 0.25) is 0 Å². The number of ether oxygens (including phenoxy) is 1. The molecule has 0 aromatic heterocycles. The average Bonchev–Trinajstić information content (AvgIpc) is 2.46. The maximum absolute atomic E-state index is 12.6. The Morgan fingerprint density at radius 1 is 1.45 bits per heavy atom. The summed E-state index contributed by atoms with van der Waals surface area (Å²) in [5.74, 6) is 0.238. The Balaban J connectivity index is 3.28. The molecule has 0 bridgehead atoms. The van der Waals surface area contributed by atoms with Crippen molar-refractivity contribution in [1.82, 2.24) is 4.31 Å². The van der Waals surface area contributed by atoms with Crippen LogP contribution in [0, 0.1) is 0 Å². The molecule has 112 valence electrons. The number of hydrogen-bond acceptors (Lipinski definition) is 4. The Kier molecular flexibility index (Phi) is 6.19. The lowest BCUT2D eigenvalue weighted by atomic mass is 10.2. The van der Waals surface area contributed by atoms with Gasteiger partial charge in [-0.05, 0) is 24.1 Å². The number of nitrogens with zero attached hydrogens (tertiary/aromatic N) is 1. The fourth-order valence-electron chi connectivity index (χ4n) is 1.87. The summed E-state index contributed by atoms with van der Waals surface area (Å²) in [7, 11) is -2.23. The molecule has 0 aliphatic rings. The molecule has 20 heavy (non-hydrogen) atoms. The molecule has 0 spiro atoms. The third-order valence-electron chi connectivity index (χ3n) is 2.83. The molecule has 0 amide bonds. The van der Waals surface area contributed by atoms with Gasteiger partial charge in [0.15, 0.2) is 0 Å². The van der Waals surface area contributed by atoms with Crippen LogP contribution in [0.1, 0.15) is 18.9 Å². The van der Waals surface area contributed by atoms with Crippen LogP contribution in [0.25, 0.3) is 0 Å². The fourth-order valence-corrected chi connectivity index (χ4v) is 3.50. The molecule has 0 radical (unpaired) electrons. The first-order valence-corrected chi connectivity index (χ1v) is 7.84. The summed E-state index contributed by atoms with van der Waals surface area (Å²) in [6, 6.07) is 4.57. The third-order valence-corrected chi connectivity index (χ3v) is 4.74. The number of benzene rings is 1. The van der Waals surface area contributed by atoms with Crippen molar-refractivity contribution in [3.63, 3.8) is 0 Å². The van der Waals surface area contributed by atoms with Crippen molar-refractivity contribution in [2.75, 3.05) is 20.2 Å². The van der Waals surface area contributed by atoms with E-state index in [1.54, 1.807) is 12.1 Å². The summed E-state index contributed by atoms with van der Waals surface area (Å²) in [6.45, 7) is 6.01. The second-order valence-corrected chi connectivity index (χ2v) is 6.20. The normalized spacial score (nSPS) is 11.6. The predicted octanol–water partition coefficient (Wildman–Crippen LogP) is 1.77. The van der Waals surface area contributed by atoms with E-state index in [1.807, 2.05) is 6.92 Å². The maximum Gasteiger partial charge on any atom is 0.247 e. The molecule has 1 aromatic carbocycles. The van der Waals surface area contributed by atoms with Crippen molar-refractivity contribution in [3.8, 4) is 5.75 Å². The smallest absolute Gasteiger partial charge is 0.247 e. The molecule has 0 aliphatic carbocycles. The Labute approximate surface area is 120 Å². The number of aliphatic hydroxyl groups excluding tert-OH is 1. The second-order valence-electron chi connectivity index (χ2n) is 4.30. The van der Waals surface area contributed by atoms with E-state index in [1.165, 1.54) is 23.5 Å². The van der Waals surface area contributed by atoms with Gasteiger partial charge in [-0.2, -0.15) is 4.31 Å². The molecule has 0 saturated carbocycles. The van der Waals surface area contributed by atoms with Gasteiger partial charge in [0.25, 0.3) is 0 Å². The Morgan fingerprint density at radius 2 is 2.15 bits per heavy atom. The molecular weight excluding hydrogens is 278 g/mol. The monoisotopic (exact) mass is 299 g/mol. The number of aliphatic hydroxyl groups is 1. The first-order chi connectivity index (χ1) is 9.51. The lowest BCUT2D eigenvalue weighted by molar-refractivity contribution is 0.280. The van der Waals surface area contributed by atoms with Gasteiger partial charge >= 0.3 is 0 Å². The van der Waals surface area contributed by atoms with E-state index in [0.29, 0.717) is 18.5 Å². The lowest BCUT2D eigenvalue weighted by Gasteiger charge is -2.21. The Bertz CT molecular complexity index is 554. The van der Waals surface area contributed by atoms with Gasteiger partial charge < -0.3 is 9.84 Å². The molecule has 5 nitrogen and oxygen atoms in total. The zero-order chi connectivity index (χ0) is 15.2. The summed E-state index contributed by atoms with van der Waals surface area (Å²) in [5, 5.41) is 9.10. The molecule has 0 heterocycles. The minimum Gasteiger partial charge on any atom is -0.495 e. The molecule has 0 fully saturated rings. The van der Waals surface area contributed by atoms with Gasteiger partial charge in [-0.3, -0.25) is 0 Å². The van der Waals surface area contributed by atoms with Crippen molar-refractivity contribution < 1.29 is 18.3 Å². The molecule has 0 saturated heterocycles. The number of methoxy groups -OCH3 is 1. The number of hydrogen-bond donors (Lipinski definition) is 1. The summed E-state index contributed by atoms with van der Waals surface area (Å²) < 4.78 is 31.7. The first kappa shape index (κ1) is 16.7. The number of rotatable bonds is 8. The van der Waals surface area contributed by atoms with Crippen LogP contribution in [0.4, 0.5) is 0 Å². The van der Waals surface area contributed by atoms with E-state index in [0.717, 1.165) is 0 Å². The van der Waals surface area contributed by atoms with Crippen LogP contribution in [0.5, 0.6) is 5.75 Å². The average molecular weight is 299 g/mol. The van der Waals surface area contributed by atoms with Crippen molar-refractivity contribution in [2.45, 2.75) is 24.8 Å². The maximum atomic E-state index is 12.6. The molecule has 6 heteroatoms. The van der Waals surface area contributed by atoms with Gasteiger partial charge in [0, 0.05) is 13.1 Å². The predicted molar refractivity (Wildman–Crippen MR) is 78.2 cm³/mol. The van der Waals surface area contributed by atoms with Crippen molar-refractivity contribution >= 4 is 10.0 Å². The Hall–Kier alpha value is -1.37. The van der Waals surface area contributed by atoms with E-state index >= 15 is 0 Å². The molecule has 1 N–H and O–H groups in total. The van der Waals surface area contributed by atoms with Gasteiger partial charge in [0.05, 0.1) is 13.7 Å². The van der Waals surface area contributed by atoms with Crippen LogP contribution >= 0.6 is 0 Å². The van der Waals surface area contributed by atoms with Gasteiger partial charge in [0.1, 0.15) is 10.6 Å². The van der Waals surface area contributed by atoms with E-state index < -0.39 is 10.0 Å². The van der Waals surface area contributed by atoms with Crippen molar-refractivity contribution in [3.05, 3.63) is 36.4 Å². The highest BCUT2D eigenvalue weighted by Crippen LogP contribution is 2.28. The zero-order valence-electron chi connectivity index (χ0n) is 11.9. The van der Waals surface area contributed by atoms with Gasteiger partial charge in [-0.1, -0.05) is 19.1 Å². The highest BCUT2D eigenvalue weighted by molar-refractivity contribution is 7.89. The SMILES string of the molecule is C=CCN(CCC)S(=O)(=O)c1ccc(CO)cc1OC. The summed E-state index contributed by atoms with van der Waals surface area (Å²) in [6.07, 6.45) is 2.27. The summed E-state index contributed by atoms with van der Waals surface area (Å²) >= 11 is 0. The molecule has 0 atom stereocenters. The van der Waals surface area contributed by atoms with E-state index in [-0.39, 0.29) is 23.8 Å². The van der Waals surface area contributed by atoms with Crippen LogP contribution in [0.3, 0.4) is 0 Å². The van der Waals surface area contributed by atoms with Gasteiger partial charge in [0.2, 0.25) is 10.0 Å². The van der Waals surface area contributed by atoms with Crippen LogP contribution in [-0.4, -0.2) is 38.0 Å². The fraction of sp³-hybridized carbons (Fsp3) is 0.429. The summed E-state index contributed by atoms with van der Waals surface area (Å²) in [5.41, 5.74) is 0.603. The Morgan fingerprint density at radius 3 is 2.65 bits per heavy atom. The van der Waals surface area contributed by atoms with E-state index in [9.17, 15) is 8.42 Å². The largest absolute Gasteiger partial charge is 0.495 e. The highest BCUT2D eigenvalue weighted by Gasteiger charge is 2.26. The summed E-state index contributed by atoms with van der Waals surface area (Å²) in [4.78, 5) is 0.104. The van der Waals surface area contributed by atoms with Crippen LogP contribution in [0.15, 0.2) is 35.7 Å². The third kappa shape index (κ3) is 3.59. The standard InChI is InChI=1S/C14H21NO4S/c1-4-8-15(9-5-2)20(17,18)14-7-6-12(11-16)10-13(14)19-3/h4,6-7,10,16H,1,5,8-9,11H2,2-3H3. The minimum atomic E-state index is -3.64. The second kappa shape index (κ2) is 7.42. The van der Waals surface area contributed by atoms with Crippen LogP contribution in [-0.2, 0) is 16.6 Å². The quantitative estimate of drug-likeness (QED) is 0.743. The first-order valence-electron chi connectivity index (χ1n) is 6.40. The van der Waals surface area contributed by atoms with Gasteiger partial charge in [-0.15, -0.1) is 6.58 Å². The molecule has 1 aromatic rings. The topological polar surface area (TPSA) is 66.8 Å². The molecule has 1 rings (SSSR count). The zero-order valence-corrected chi connectivity index (χ0v) is 12.7. The molecule has 0 unspecified atom stereocenters. The highest BCUT2D eigenvalue weighted by atomic mass is 32.2. The van der Waals surface area contributed by atoms with Crippen molar-refractivity contribution in [2.24, 2.45) is 0 Å².